The second kappa shape index (κ2) is 15.8. The van der Waals surface area contributed by atoms with Crippen molar-refractivity contribution in [3.8, 4) is 0 Å². The van der Waals surface area contributed by atoms with E-state index < -0.39 is 60.2 Å². The molecule has 0 fully saturated rings. The molecule has 1 aromatic rings. The lowest BCUT2D eigenvalue weighted by Gasteiger charge is -2.26. The van der Waals surface area contributed by atoms with Gasteiger partial charge in [0.1, 0.15) is 18.1 Å². The third kappa shape index (κ3) is 11.5. The van der Waals surface area contributed by atoms with Gasteiger partial charge in [0.15, 0.2) is 0 Å². The summed E-state index contributed by atoms with van der Waals surface area (Å²) in [7, 11) is 0. The van der Waals surface area contributed by atoms with Crippen molar-refractivity contribution in [3.05, 3.63) is 35.9 Å². The Morgan fingerprint density at radius 3 is 1.97 bits per heavy atom. The summed E-state index contributed by atoms with van der Waals surface area (Å²) < 4.78 is 0. The van der Waals surface area contributed by atoms with Gasteiger partial charge in [0, 0.05) is 6.42 Å². The van der Waals surface area contributed by atoms with Crippen LogP contribution in [-0.4, -0.2) is 76.0 Å². The Bertz CT molecular complexity index is 898. The fourth-order valence-electron chi connectivity index (χ4n) is 3.34. The summed E-state index contributed by atoms with van der Waals surface area (Å²) in [5.74, 6) is -4.18. The van der Waals surface area contributed by atoms with Gasteiger partial charge in [0.2, 0.25) is 17.7 Å². The van der Waals surface area contributed by atoms with E-state index in [1.165, 1.54) is 0 Å². The molecule has 12 heteroatoms. The van der Waals surface area contributed by atoms with E-state index in [4.69, 9.17) is 10.8 Å². The molecule has 0 aromatic heterocycles. The minimum atomic E-state index is -1.68. The second-order valence-corrected chi connectivity index (χ2v) is 9.81. The first-order chi connectivity index (χ1) is 16.9. The Morgan fingerprint density at radius 2 is 1.44 bits per heavy atom. The van der Waals surface area contributed by atoms with Crippen LogP contribution in [0.25, 0.3) is 0 Å². The normalized spacial score (nSPS) is 14.2. The van der Waals surface area contributed by atoms with E-state index in [0.29, 0.717) is 17.7 Å². The molecular formula is C24H36N4O7S. The van der Waals surface area contributed by atoms with Crippen LogP contribution >= 0.6 is 11.8 Å². The van der Waals surface area contributed by atoms with Crippen LogP contribution in [0, 0.1) is 5.92 Å². The molecule has 4 atom stereocenters. The second-order valence-electron chi connectivity index (χ2n) is 8.83. The molecule has 0 heterocycles. The summed E-state index contributed by atoms with van der Waals surface area (Å²) in [5.41, 5.74) is 6.62. The molecule has 1 aromatic carbocycles. The van der Waals surface area contributed by atoms with Crippen LogP contribution in [-0.2, 0) is 30.4 Å². The van der Waals surface area contributed by atoms with Crippen molar-refractivity contribution in [2.24, 2.45) is 11.7 Å². The van der Waals surface area contributed by atoms with Gasteiger partial charge in [-0.1, -0.05) is 44.2 Å². The number of carbonyl (C=O) groups is 5. The number of carbonyl (C=O) groups excluding carboxylic acids is 3. The molecule has 200 valence electrons. The van der Waals surface area contributed by atoms with E-state index in [1.807, 2.05) is 20.1 Å². The molecule has 1 rings (SSSR count). The maximum atomic E-state index is 13.2. The van der Waals surface area contributed by atoms with Crippen LogP contribution in [0.2, 0.25) is 0 Å². The number of thioether (sulfide) groups is 1. The van der Waals surface area contributed by atoms with Gasteiger partial charge in [-0.3, -0.25) is 19.2 Å². The van der Waals surface area contributed by atoms with E-state index in [1.54, 1.807) is 42.1 Å². The number of carboxylic acids is 2. The maximum absolute atomic E-state index is 13.2. The summed E-state index contributed by atoms with van der Waals surface area (Å²) in [4.78, 5) is 61.2. The molecule has 0 saturated heterocycles. The largest absolute Gasteiger partial charge is 0.481 e. The van der Waals surface area contributed by atoms with E-state index in [2.05, 4.69) is 16.0 Å². The molecule has 0 bridgehead atoms. The highest BCUT2D eigenvalue weighted by Crippen LogP contribution is 2.09. The van der Waals surface area contributed by atoms with Crippen LogP contribution in [0.5, 0.6) is 0 Å². The molecule has 0 spiro atoms. The summed E-state index contributed by atoms with van der Waals surface area (Å²) in [6.07, 6.45) is 1.80. The number of hydrogen-bond acceptors (Lipinski definition) is 7. The summed E-state index contributed by atoms with van der Waals surface area (Å²) in [6, 6.07) is 4.07. The third-order valence-electron chi connectivity index (χ3n) is 5.22. The number of rotatable bonds is 16. The monoisotopic (exact) mass is 524 g/mol. The molecule has 0 radical (unpaired) electrons. The molecule has 7 N–H and O–H groups in total. The van der Waals surface area contributed by atoms with Crippen LogP contribution in [0.15, 0.2) is 30.3 Å². The third-order valence-corrected chi connectivity index (χ3v) is 5.86. The van der Waals surface area contributed by atoms with Crippen LogP contribution in [0.1, 0.15) is 38.7 Å². The molecule has 36 heavy (non-hydrogen) atoms. The molecule has 11 nitrogen and oxygen atoms in total. The van der Waals surface area contributed by atoms with Crippen LogP contribution < -0.4 is 21.7 Å². The fourth-order valence-corrected chi connectivity index (χ4v) is 3.83. The molecule has 0 aliphatic heterocycles. The molecule has 0 aliphatic carbocycles. The number of aliphatic carboxylic acids is 2. The van der Waals surface area contributed by atoms with Gasteiger partial charge in [0.25, 0.3) is 0 Å². The topological polar surface area (TPSA) is 188 Å². The van der Waals surface area contributed by atoms with Crippen LogP contribution in [0.3, 0.4) is 0 Å². The zero-order valence-electron chi connectivity index (χ0n) is 20.7. The first-order valence-electron chi connectivity index (χ1n) is 11.6. The smallest absolute Gasteiger partial charge is 0.326 e. The van der Waals surface area contributed by atoms with E-state index in [9.17, 15) is 29.1 Å². The molecule has 3 amide bonds. The summed E-state index contributed by atoms with van der Waals surface area (Å²) >= 11 is 1.54. The number of nitrogens with two attached hydrogens (primary N) is 1. The lowest BCUT2D eigenvalue weighted by molar-refractivity contribution is -0.147. The zero-order chi connectivity index (χ0) is 27.3. The first kappa shape index (κ1) is 30.9. The molecule has 0 saturated carbocycles. The Labute approximate surface area is 215 Å². The number of nitrogens with one attached hydrogen (secondary N) is 3. The lowest BCUT2D eigenvalue weighted by Crippen LogP contribution is -2.58. The highest BCUT2D eigenvalue weighted by atomic mass is 32.2. The number of amides is 3. The Morgan fingerprint density at radius 1 is 0.889 bits per heavy atom. The Hall–Kier alpha value is -3.12. The highest BCUT2D eigenvalue weighted by Gasteiger charge is 2.31. The van der Waals surface area contributed by atoms with Crippen molar-refractivity contribution in [1.29, 1.82) is 0 Å². The Balaban J connectivity index is 3.10. The number of carboxylic acid groups (broad SMARTS) is 2. The van der Waals surface area contributed by atoms with Crippen molar-refractivity contribution in [2.75, 3.05) is 12.0 Å². The fraction of sp³-hybridized carbons (Fsp3) is 0.542. The zero-order valence-corrected chi connectivity index (χ0v) is 21.5. The van der Waals surface area contributed by atoms with Crippen molar-refractivity contribution in [1.82, 2.24) is 16.0 Å². The highest BCUT2D eigenvalue weighted by molar-refractivity contribution is 7.98. The minimum Gasteiger partial charge on any atom is -0.481 e. The van der Waals surface area contributed by atoms with Gasteiger partial charge in [-0.2, -0.15) is 11.8 Å². The van der Waals surface area contributed by atoms with Crippen molar-refractivity contribution < 1.29 is 34.2 Å². The first-order valence-corrected chi connectivity index (χ1v) is 13.0. The lowest BCUT2D eigenvalue weighted by atomic mass is 10.0. The summed E-state index contributed by atoms with van der Waals surface area (Å²) in [6.45, 7) is 3.75. The van der Waals surface area contributed by atoms with E-state index in [-0.39, 0.29) is 18.8 Å². The van der Waals surface area contributed by atoms with Gasteiger partial charge >= 0.3 is 11.9 Å². The van der Waals surface area contributed by atoms with Crippen LogP contribution in [0.4, 0.5) is 0 Å². The van der Waals surface area contributed by atoms with Crippen molar-refractivity contribution in [2.45, 2.75) is 63.7 Å². The number of benzene rings is 1. The van der Waals surface area contributed by atoms with Gasteiger partial charge in [-0.25, -0.2) is 4.79 Å². The maximum Gasteiger partial charge on any atom is 0.326 e. The van der Waals surface area contributed by atoms with E-state index >= 15 is 0 Å². The standard InChI is InChI=1S/C24H36N4O7S/c1-14(2)11-17(26-21(31)16(25)9-10-36-3)22(32)27-18(12-15-7-5-4-6-8-15)23(33)28-19(24(34)35)13-20(29)30/h4-8,14,16-19H,9-13,25H2,1-3H3,(H,26,31)(H,27,32)(H,28,33)(H,29,30)(H,34,35). The predicted molar refractivity (Wildman–Crippen MR) is 136 cm³/mol. The minimum absolute atomic E-state index is 0.0212. The SMILES string of the molecule is CSCCC(N)C(=O)NC(CC(C)C)C(=O)NC(Cc1ccccc1)C(=O)NC(CC(=O)O)C(=O)O. The average Bonchev–Trinajstić information content (AvgIpc) is 2.80. The van der Waals surface area contributed by atoms with Gasteiger partial charge in [-0.15, -0.1) is 0 Å². The predicted octanol–water partition coefficient (Wildman–Crippen LogP) is 0.369. The van der Waals surface area contributed by atoms with E-state index in [0.717, 1.165) is 0 Å². The van der Waals surface area contributed by atoms with Crippen molar-refractivity contribution in [3.63, 3.8) is 0 Å². The van der Waals surface area contributed by atoms with Gasteiger partial charge < -0.3 is 31.9 Å². The number of hydrogen-bond donors (Lipinski definition) is 6. The van der Waals surface area contributed by atoms with Crippen molar-refractivity contribution >= 4 is 41.4 Å². The Kier molecular flexibility index (Phi) is 13.6. The average molecular weight is 525 g/mol. The molecular weight excluding hydrogens is 488 g/mol. The molecule has 4 unspecified atom stereocenters. The van der Waals surface area contributed by atoms with Gasteiger partial charge in [0.05, 0.1) is 12.5 Å². The van der Waals surface area contributed by atoms with Gasteiger partial charge in [-0.05, 0) is 36.3 Å². The molecule has 0 aliphatic rings. The summed E-state index contributed by atoms with van der Waals surface area (Å²) in [5, 5.41) is 25.7. The quantitative estimate of drug-likeness (QED) is 0.177.